The van der Waals surface area contributed by atoms with Crippen molar-refractivity contribution in [2.24, 2.45) is 11.8 Å². The van der Waals surface area contributed by atoms with E-state index in [-0.39, 0.29) is 26.2 Å². The number of rotatable bonds is 3. The van der Waals surface area contributed by atoms with Crippen LogP contribution in [0.3, 0.4) is 0 Å². The summed E-state index contributed by atoms with van der Waals surface area (Å²) < 4.78 is 5.07. The molecule has 1 nitrogen and oxygen atoms in total. The zero-order valence-electron chi connectivity index (χ0n) is 23.6. The van der Waals surface area contributed by atoms with E-state index < -0.39 is 0 Å². The van der Waals surface area contributed by atoms with Crippen LogP contribution >= 0.6 is 0 Å². The van der Waals surface area contributed by atoms with Crippen LogP contribution in [0.1, 0.15) is 80.5 Å². The van der Waals surface area contributed by atoms with E-state index in [4.69, 9.17) is 4.43 Å². The predicted molar refractivity (Wildman–Crippen MR) is 162 cm³/mol. The van der Waals surface area contributed by atoms with Gasteiger partial charge in [0, 0.05) is 6.10 Å². The number of allylic oxidation sites excluding steroid dienone is 7. The van der Waals surface area contributed by atoms with Gasteiger partial charge in [0.05, 0.1) is 0 Å². The summed E-state index contributed by atoms with van der Waals surface area (Å²) in [6.07, 6.45) is 25.5. The topological polar surface area (TPSA) is 9.23 Å². The number of fused-ring (bicyclic) bond motifs is 6. The molecular formula is C35H44OSiZr. The second kappa shape index (κ2) is 17.7. The maximum atomic E-state index is 5.07. The van der Waals surface area contributed by atoms with E-state index in [1.165, 1.54) is 47.9 Å². The second-order valence-corrected chi connectivity index (χ2v) is 10.8. The molecule has 4 atom stereocenters. The molecule has 0 fully saturated rings. The van der Waals surface area contributed by atoms with Crippen molar-refractivity contribution in [2.75, 3.05) is 0 Å². The third kappa shape index (κ3) is 9.44. The molecule has 4 aliphatic carbocycles. The molecule has 2 aromatic rings. The first-order valence-corrected chi connectivity index (χ1v) is 15.3. The van der Waals surface area contributed by atoms with Gasteiger partial charge >= 0.3 is 26.2 Å². The zero-order valence-corrected chi connectivity index (χ0v) is 27.1. The molecule has 3 heteroatoms. The first kappa shape index (κ1) is 32.4. The summed E-state index contributed by atoms with van der Waals surface area (Å²) in [6.45, 7) is 11.5. The van der Waals surface area contributed by atoms with E-state index in [1.54, 1.807) is 6.08 Å². The SMILES string of the molecule is C1=CC2c3ccccc3[CH-]C2CC1.C1=CC2c3ccccc3[CH-]C2CC1.C=CC=CC.C[Si]OC(C)C.[Zr+2]. The molecule has 0 saturated heterocycles. The fourth-order valence-corrected chi connectivity index (χ4v) is 5.99. The van der Waals surface area contributed by atoms with Gasteiger partial charge in [0.15, 0.2) is 0 Å². The molecule has 2 aromatic carbocycles. The molecule has 38 heavy (non-hydrogen) atoms. The maximum Gasteiger partial charge on any atom is 2.00 e. The van der Waals surface area contributed by atoms with E-state index in [2.05, 4.69) is 92.3 Å². The van der Waals surface area contributed by atoms with E-state index in [0.717, 1.165) is 11.8 Å². The van der Waals surface area contributed by atoms with Gasteiger partial charge in [0.2, 0.25) is 9.76 Å². The Bertz CT molecular complexity index is 982. The van der Waals surface area contributed by atoms with Crippen molar-refractivity contribution >= 4 is 9.76 Å². The average molecular weight is 600 g/mol. The minimum Gasteiger partial charge on any atom is -0.415 e. The molecule has 198 valence electrons. The van der Waals surface area contributed by atoms with Crippen LogP contribution in [0.5, 0.6) is 0 Å². The van der Waals surface area contributed by atoms with Crippen LogP contribution in [-0.2, 0) is 30.6 Å². The molecule has 0 spiro atoms. The molecule has 0 aromatic heterocycles. The summed E-state index contributed by atoms with van der Waals surface area (Å²) >= 11 is 0. The summed E-state index contributed by atoms with van der Waals surface area (Å²) in [6, 6.07) is 17.6. The minimum absolute atomic E-state index is 0. The Hall–Kier alpha value is -1.80. The van der Waals surface area contributed by atoms with Gasteiger partial charge < -0.3 is 4.43 Å². The van der Waals surface area contributed by atoms with Crippen LogP contribution in [-0.4, -0.2) is 15.9 Å². The molecule has 0 amide bonds. The van der Waals surface area contributed by atoms with Crippen molar-refractivity contribution < 1.29 is 30.6 Å². The molecular weight excluding hydrogens is 556 g/mol. The van der Waals surface area contributed by atoms with Crippen LogP contribution in [0, 0.1) is 24.7 Å². The van der Waals surface area contributed by atoms with E-state index >= 15 is 0 Å². The molecule has 0 heterocycles. The Morgan fingerprint density at radius 2 is 1.34 bits per heavy atom. The van der Waals surface area contributed by atoms with E-state index in [1.807, 2.05) is 39.5 Å². The molecule has 0 bridgehead atoms. The molecule has 4 aliphatic rings. The number of hydrogen-bond donors (Lipinski definition) is 0. The van der Waals surface area contributed by atoms with Crippen molar-refractivity contribution in [1.29, 1.82) is 0 Å². The Morgan fingerprint density at radius 3 is 1.68 bits per heavy atom. The van der Waals surface area contributed by atoms with Crippen molar-refractivity contribution in [3.63, 3.8) is 0 Å². The zero-order chi connectivity index (χ0) is 26.5. The molecule has 6 rings (SSSR count). The van der Waals surface area contributed by atoms with Crippen LogP contribution in [0.15, 0.2) is 97.6 Å². The second-order valence-electron chi connectivity index (χ2n) is 10.1. The van der Waals surface area contributed by atoms with Crippen molar-refractivity contribution in [2.45, 2.75) is 70.9 Å². The normalized spacial score (nSPS) is 22.8. The van der Waals surface area contributed by atoms with E-state index in [9.17, 15) is 0 Å². The maximum absolute atomic E-state index is 5.07. The van der Waals surface area contributed by atoms with Crippen LogP contribution < -0.4 is 0 Å². The third-order valence-corrected chi connectivity index (χ3v) is 7.83. The van der Waals surface area contributed by atoms with Gasteiger partial charge in [-0.05, 0) is 52.0 Å². The van der Waals surface area contributed by atoms with Crippen molar-refractivity contribution in [1.82, 2.24) is 0 Å². The van der Waals surface area contributed by atoms with Gasteiger partial charge in [-0.1, -0.05) is 85.9 Å². The molecule has 0 saturated carbocycles. The summed E-state index contributed by atoms with van der Waals surface area (Å²) in [4.78, 5) is 0. The number of benzene rings is 2. The molecule has 2 radical (unpaired) electrons. The van der Waals surface area contributed by atoms with Crippen LogP contribution in [0.2, 0.25) is 6.55 Å². The fourth-order valence-electron chi connectivity index (χ4n) is 5.52. The van der Waals surface area contributed by atoms with Gasteiger partial charge in [-0.25, -0.2) is 0 Å². The Morgan fingerprint density at radius 1 is 0.868 bits per heavy atom. The molecule has 0 aliphatic heterocycles. The fraction of sp³-hybridized carbons (Fsp3) is 0.371. The van der Waals surface area contributed by atoms with Gasteiger partial charge in [-0.15, -0.1) is 35.4 Å². The van der Waals surface area contributed by atoms with Crippen LogP contribution in [0.25, 0.3) is 0 Å². The first-order valence-electron chi connectivity index (χ1n) is 13.9. The summed E-state index contributed by atoms with van der Waals surface area (Å²) in [5.41, 5.74) is 5.99. The standard InChI is InChI=1S/2C13H13.C5H8.C4H10OSi.Zr/c2*1-3-7-12-10(5-1)9-11-6-2-4-8-13(11)12;1-3-5-4-2;1-4(2)5-6-3;/h2*1,3-5,7-9,11,13H,2,6H2;3-5H,1H2,2H3;4H,1-3H3;/q2*-1;;;+2. The molecule has 4 unspecified atom stereocenters. The number of hydrogen-bond acceptors (Lipinski definition) is 1. The molecule has 0 N–H and O–H groups in total. The minimum atomic E-state index is 0. The summed E-state index contributed by atoms with van der Waals surface area (Å²) in [7, 11) is 0.638. The summed E-state index contributed by atoms with van der Waals surface area (Å²) in [5.74, 6) is 2.93. The van der Waals surface area contributed by atoms with Gasteiger partial charge in [-0.2, -0.15) is 36.1 Å². The van der Waals surface area contributed by atoms with Gasteiger partial charge in [0.1, 0.15) is 0 Å². The first-order chi connectivity index (χ1) is 18.1. The van der Waals surface area contributed by atoms with Crippen LogP contribution in [0.4, 0.5) is 0 Å². The van der Waals surface area contributed by atoms with Gasteiger partial charge in [-0.3, -0.25) is 0 Å². The predicted octanol–water partition coefficient (Wildman–Crippen LogP) is 9.43. The smallest absolute Gasteiger partial charge is 0.415 e. The Balaban J connectivity index is 0.000000192. The summed E-state index contributed by atoms with van der Waals surface area (Å²) in [5, 5.41) is 0. The largest absolute Gasteiger partial charge is 2.00 e. The van der Waals surface area contributed by atoms with Gasteiger partial charge in [0.25, 0.3) is 0 Å². The Labute approximate surface area is 254 Å². The third-order valence-electron chi connectivity index (χ3n) is 7.12. The van der Waals surface area contributed by atoms with Crippen molar-refractivity contribution in [3.05, 3.63) is 133 Å². The Kier molecular flexibility index (Phi) is 15.1. The monoisotopic (exact) mass is 598 g/mol. The van der Waals surface area contributed by atoms with E-state index in [0.29, 0.717) is 27.7 Å². The quantitative estimate of drug-likeness (QED) is 0.148. The van der Waals surface area contributed by atoms with Crippen molar-refractivity contribution in [3.8, 4) is 0 Å². The average Bonchev–Trinajstić information content (AvgIpc) is 3.49.